The molecule has 0 bridgehead atoms. The Morgan fingerprint density at radius 1 is 1.25 bits per heavy atom. The van der Waals surface area contributed by atoms with Gasteiger partial charge in [-0.2, -0.15) is 0 Å². The second-order valence-electron chi connectivity index (χ2n) is 5.89. The standard InChI is InChI=1S/C19H15ClFN3O3S/c1-3-12-10-15(23-16(12)17-14(21)8-5-9-22-17)19(25)24-28(26,27)18-11(2)6-4-7-13(18)20/h3-10H,1-2H3,(H,24,25)/b12-3+. The average molecular weight is 420 g/mol. The molecule has 1 aliphatic rings. The summed E-state index contributed by atoms with van der Waals surface area (Å²) in [6.45, 7) is 3.25. The lowest BCUT2D eigenvalue weighted by Crippen LogP contribution is -2.31. The van der Waals surface area contributed by atoms with E-state index in [1.165, 1.54) is 30.5 Å². The van der Waals surface area contributed by atoms with E-state index in [4.69, 9.17) is 11.6 Å². The van der Waals surface area contributed by atoms with E-state index in [2.05, 4.69) is 9.98 Å². The van der Waals surface area contributed by atoms with Gasteiger partial charge in [0.15, 0.2) is 5.82 Å². The minimum absolute atomic E-state index is 0.00501. The van der Waals surface area contributed by atoms with Crippen molar-refractivity contribution in [2.24, 2.45) is 4.99 Å². The SMILES string of the molecule is C/C=C1\C=C(C(=O)NS(=O)(=O)c2c(C)cccc2Cl)N=C1c1ncccc1F. The molecular formula is C19H15ClFN3O3S. The molecule has 0 atom stereocenters. The first-order chi connectivity index (χ1) is 13.2. The van der Waals surface area contributed by atoms with Crippen LogP contribution in [0.1, 0.15) is 18.2 Å². The number of benzene rings is 1. The molecule has 1 aliphatic heterocycles. The summed E-state index contributed by atoms with van der Waals surface area (Å²) < 4.78 is 41.3. The summed E-state index contributed by atoms with van der Waals surface area (Å²) in [5.74, 6) is -1.56. The highest BCUT2D eigenvalue weighted by Crippen LogP contribution is 2.26. The summed E-state index contributed by atoms with van der Waals surface area (Å²) in [4.78, 5) is 20.4. The van der Waals surface area contributed by atoms with Crippen LogP contribution in [0.5, 0.6) is 0 Å². The molecule has 0 radical (unpaired) electrons. The molecule has 0 spiro atoms. The highest BCUT2D eigenvalue weighted by atomic mass is 35.5. The molecule has 0 saturated carbocycles. The lowest BCUT2D eigenvalue weighted by molar-refractivity contribution is -0.115. The highest BCUT2D eigenvalue weighted by Gasteiger charge is 2.28. The predicted octanol–water partition coefficient (Wildman–Crippen LogP) is 3.32. The van der Waals surface area contributed by atoms with E-state index >= 15 is 0 Å². The number of hydrogen-bond donors (Lipinski definition) is 1. The van der Waals surface area contributed by atoms with Crippen LogP contribution in [0, 0.1) is 12.7 Å². The molecule has 1 aromatic heterocycles. The number of aromatic nitrogens is 1. The molecule has 0 unspecified atom stereocenters. The number of nitrogens with one attached hydrogen (secondary N) is 1. The molecule has 1 amide bonds. The van der Waals surface area contributed by atoms with Crippen LogP contribution < -0.4 is 4.72 Å². The number of nitrogens with zero attached hydrogens (tertiary/aromatic N) is 2. The quantitative estimate of drug-likeness (QED) is 0.823. The average Bonchev–Trinajstić information content (AvgIpc) is 3.05. The number of aryl methyl sites for hydroxylation is 1. The van der Waals surface area contributed by atoms with E-state index in [-0.39, 0.29) is 27.0 Å². The Balaban J connectivity index is 1.94. The Morgan fingerprint density at radius 3 is 2.64 bits per heavy atom. The Bertz CT molecular complexity index is 1150. The van der Waals surface area contributed by atoms with E-state index in [9.17, 15) is 17.6 Å². The zero-order valence-electron chi connectivity index (χ0n) is 14.9. The number of sulfonamides is 1. The third kappa shape index (κ3) is 3.74. The normalized spacial score (nSPS) is 15.4. The maximum Gasteiger partial charge on any atom is 0.283 e. The molecule has 1 aromatic carbocycles. The third-order valence-electron chi connectivity index (χ3n) is 3.98. The van der Waals surface area contributed by atoms with Crippen LogP contribution >= 0.6 is 11.6 Å². The van der Waals surface area contributed by atoms with Crippen LogP contribution in [0.2, 0.25) is 5.02 Å². The van der Waals surface area contributed by atoms with Crippen molar-refractivity contribution in [3.63, 3.8) is 0 Å². The van der Waals surface area contributed by atoms with Crippen molar-refractivity contribution in [2.45, 2.75) is 18.7 Å². The number of allylic oxidation sites excluding steroid dienone is 3. The van der Waals surface area contributed by atoms with Crippen LogP contribution in [-0.4, -0.2) is 25.0 Å². The van der Waals surface area contributed by atoms with Gasteiger partial charge in [-0.15, -0.1) is 0 Å². The summed E-state index contributed by atoms with van der Waals surface area (Å²) in [6.07, 6.45) is 4.39. The Kier molecular flexibility index (Phi) is 5.44. The summed E-state index contributed by atoms with van der Waals surface area (Å²) >= 11 is 5.99. The first kappa shape index (κ1) is 19.9. The minimum atomic E-state index is -4.22. The number of carbonyl (C=O) groups excluding carboxylic acids is 1. The fourth-order valence-corrected chi connectivity index (χ4v) is 4.50. The molecule has 144 valence electrons. The van der Waals surface area contributed by atoms with Crippen molar-refractivity contribution >= 4 is 33.2 Å². The van der Waals surface area contributed by atoms with Gasteiger partial charge in [-0.1, -0.05) is 29.8 Å². The van der Waals surface area contributed by atoms with Crippen molar-refractivity contribution in [3.8, 4) is 0 Å². The van der Waals surface area contributed by atoms with Gasteiger partial charge in [0.2, 0.25) is 0 Å². The van der Waals surface area contributed by atoms with Crippen LogP contribution in [-0.2, 0) is 14.8 Å². The highest BCUT2D eigenvalue weighted by molar-refractivity contribution is 7.90. The number of hydrogen-bond acceptors (Lipinski definition) is 5. The van der Waals surface area contributed by atoms with Gasteiger partial charge in [0, 0.05) is 11.8 Å². The van der Waals surface area contributed by atoms with Crippen molar-refractivity contribution in [3.05, 3.63) is 82.0 Å². The number of amides is 1. The second-order valence-corrected chi connectivity index (χ2v) is 7.91. The van der Waals surface area contributed by atoms with Crippen molar-refractivity contribution in [1.82, 2.24) is 9.71 Å². The largest absolute Gasteiger partial charge is 0.283 e. The van der Waals surface area contributed by atoms with Gasteiger partial charge in [-0.3, -0.25) is 9.78 Å². The van der Waals surface area contributed by atoms with E-state index in [0.29, 0.717) is 11.1 Å². The molecule has 28 heavy (non-hydrogen) atoms. The monoisotopic (exact) mass is 419 g/mol. The molecule has 0 fully saturated rings. The Hall–Kier alpha value is -2.84. The second kappa shape index (κ2) is 7.65. The lowest BCUT2D eigenvalue weighted by Gasteiger charge is -2.10. The zero-order chi connectivity index (χ0) is 20.5. The topological polar surface area (TPSA) is 88.5 Å². The van der Waals surface area contributed by atoms with Crippen LogP contribution in [0.15, 0.2) is 69.8 Å². The molecular weight excluding hydrogens is 405 g/mol. The summed E-state index contributed by atoms with van der Waals surface area (Å²) in [5.41, 5.74) is 0.786. The summed E-state index contributed by atoms with van der Waals surface area (Å²) in [6, 6.07) is 7.25. The number of pyridine rings is 1. The lowest BCUT2D eigenvalue weighted by atomic mass is 10.1. The van der Waals surface area contributed by atoms with Gasteiger partial charge in [-0.05, 0) is 43.7 Å². The number of rotatable bonds is 4. The maximum absolute atomic E-state index is 14.1. The molecule has 6 nitrogen and oxygen atoms in total. The molecule has 2 heterocycles. The summed E-state index contributed by atoms with van der Waals surface area (Å²) in [7, 11) is -4.22. The molecule has 0 aliphatic carbocycles. The van der Waals surface area contributed by atoms with Gasteiger partial charge in [0.25, 0.3) is 15.9 Å². The van der Waals surface area contributed by atoms with E-state index in [0.717, 1.165) is 0 Å². The van der Waals surface area contributed by atoms with Crippen molar-refractivity contribution < 1.29 is 17.6 Å². The van der Waals surface area contributed by atoms with Gasteiger partial charge in [0.05, 0.1) is 10.7 Å². The van der Waals surface area contributed by atoms with Crippen molar-refractivity contribution in [2.75, 3.05) is 0 Å². The molecule has 1 N–H and O–H groups in total. The Morgan fingerprint density at radius 2 is 2.00 bits per heavy atom. The number of halogens is 2. The molecule has 2 aromatic rings. The first-order valence-corrected chi connectivity index (χ1v) is 10.0. The first-order valence-electron chi connectivity index (χ1n) is 8.15. The van der Waals surface area contributed by atoms with Gasteiger partial charge < -0.3 is 0 Å². The van der Waals surface area contributed by atoms with E-state index in [1.807, 2.05) is 4.72 Å². The zero-order valence-corrected chi connectivity index (χ0v) is 16.5. The molecule has 9 heteroatoms. The van der Waals surface area contributed by atoms with Crippen molar-refractivity contribution in [1.29, 1.82) is 0 Å². The van der Waals surface area contributed by atoms with Gasteiger partial charge in [-0.25, -0.2) is 22.5 Å². The third-order valence-corrected chi connectivity index (χ3v) is 5.94. The van der Waals surface area contributed by atoms with Crippen LogP contribution in [0.4, 0.5) is 4.39 Å². The predicted molar refractivity (Wildman–Crippen MR) is 104 cm³/mol. The fraction of sp³-hybridized carbons (Fsp3) is 0.105. The Labute approximate surface area is 166 Å². The van der Waals surface area contributed by atoms with E-state index in [1.54, 1.807) is 32.1 Å². The molecule has 0 saturated heterocycles. The smallest absolute Gasteiger partial charge is 0.266 e. The van der Waals surface area contributed by atoms with Gasteiger partial charge in [0.1, 0.15) is 16.3 Å². The fourth-order valence-electron chi connectivity index (χ4n) is 2.70. The van der Waals surface area contributed by atoms with E-state index < -0.39 is 21.7 Å². The number of carbonyl (C=O) groups is 1. The maximum atomic E-state index is 14.1. The van der Waals surface area contributed by atoms with Crippen LogP contribution in [0.25, 0.3) is 0 Å². The minimum Gasteiger partial charge on any atom is -0.266 e. The molecule has 3 rings (SSSR count). The summed E-state index contributed by atoms with van der Waals surface area (Å²) in [5, 5.41) is -0.00501. The number of aliphatic imine (C=N–C) groups is 1. The van der Waals surface area contributed by atoms with Crippen LogP contribution in [0.3, 0.4) is 0 Å². The van der Waals surface area contributed by atoms with Gasteiger partial charge >= 0.3 is 0 Å².